The second kappa shape index (κ2) is 13.0. The van der Waals surface area contributed by atoms with E-state index in [1.54, 1.807) is 0 Å². The second-order valence-corrected chi connectivity index (χ2v) is 14.3. The summed E-state index contributed by atoms with van der Waals surface area (Å²) in [6.45, 7) is 0. The molecule has 0 radical (unpaired) electrons. The van der Waals surface area contributed by atoms with Crippen molar-refractivity contribution >= 4 is 37.1 Å². The maximum Gasteiger partial charge on any atom is -0.0104 e. The van der Waals surface area contributed by atoms with E-state index in [2.05, 4.69) is 170 Å². The SMILES string of the molecule is c1ccc(-c2ccccc2[P@](CC[P@](c2ccccc2)c2ccccc2-c2ccccc2)c2ccccc2)cc1. The predicted molar refractivity (Wildman–Crippen MR) is 179 cm³/mol. The van der Waals surface area contributed by atoms with Gasteiger partial charge in [-0.3, -0.25) is 0 Å². The fourth-order valence-electron chi connectivity index (χ4n) is 5.33. The normalized spacial score (nSPS) is 12.5. The number of hydrogen-bond donors (Lipinski definition) is 0. The van der Waals surface area contributed by atoms with E-state index in [9.17, 15) is 0 Å². The van der Waals surface area contributed by atoms with Crippen LogP contribution in [0.5, 0.6) is 0 Å². The van der Waals surface area contributed by atoms with Crippen molar-refractivity contribution in [2.45, 2.75) is 0 Å². The lowest BCUT2D eigenvalue weighted by Gasteiger charge is -2.27. The molecule has 0 amide bonds. The molecular weight excluding hydrogens is 518 g/mol. The van der Waals surface area contributed by atoms with Crippen LogP contribution >= 0.6 is 15.8 Å². The molecule has 0 aliphatic heterocycles. The molecule has 6 aromatic rings. The average molecular weight is 551 g/mol. The van der Waals surface area contributed by atoms with Crippen LogP contribution in [0.3, 0.4) is 0 Å². The van der Waals surface area contributed by atoms with Gasteiger partial charge in [0.25, 0.3) is 0 Å². The van der Waals surface area contributed by atoms with Crippen LogP contribution in [0.1, 0.15) is 0 Å². The fraction of sp³-hybridized carbons (Fsp3) is 0.0526. The summed E-state index contributed by atoms with van der Waals surface area (Å²) in [4.78, 5) is 0. The maximum atomic E-state index is 2.36. The Kier molecular flexibility index (Phi) is 8.60. The molecule has 6 aromatic carbocycles. The van der Waals surface area contributed by atoms with Gasteiger partial charge in [-0.1, -0.05) is 170 Å². The Morgan fingerprint density at radius 2 is 0.600 bits per heavy atom. The topological polar surface area (TPSA) is 0 Å². The molecule has 2 atom stereocenters. The summed E-state index contributed by atoms with van der Waals surface area (Å²) in [5.74, 6) is 0. The molecule has 2 heteroatoms. The predicted octanol–water partition coefficient (Wildman–Crippen LogP) is 8.59. The van der Waals surface area contributed by atoms with Gasteiger partial charge in [-0.25, -0.2) is 0 Å². The largest absolute Gasteiger partial charge is 0.0622 e. The van der Waals surface area contributed by atoms with Crippen LogP contribution in [-0.4, -0.2) is 12.3 Å². The van der Waals surface area contributed by atoms with E-state index in [1.807, 2.05) is 0 Å². The van der Waals surface area contributed by atoms with Crippen molar-refractivity contribution in [1.82, 2.24) is 0 Å². The Bertz CT molecular complexity index is 1500. The van der Waals surface area contributed by atoms with Gasteiger partial charge in [-0.05, 0) is 71.6 Å². The lowest BCUT2D eigenvalue weighted by molar-refractivity contribution is 1.50. The monoisotopic (exact) mass is 550 g/mol. The van der Waals surface area contributed by atoms with Crippen LogP contribution < -0.4 is 21.2 Å². The highest BCUT2D eigenvalue weighted by molar-refractivity contribution is 7.77. The quantitative estimate of drug-likeness (QED) is 0.158. The highest BCUT2D eigenvalue weighted by Crippen LogP contribution is 2.44. The Morgan fingerprint density at radius 1 is 0.300 bits per heavy atom. The van der Waals surface area contributed by atoms with Gasteiger partial charge in [0.15, 0.2) is 0 Å². The molecule has 194 valence electrons. The van der Waals surface area contributed by atoms with Gasteiger partial charge in [-0.15, -0.1) is 0 Å². The molecule has 0 fully saturated rings. The highest BCUT2D eigenvalue weighted by atomic mass is 31.1. The zero-order chi connectivity index (χ0) is 27.0. The van der Waals surface area contributed by atoms with Crippen molar-refractivity contribution in [2.75, 3.05) is 12.3 Å². The van der Waals surface area contributed by atoms with Gasteiger partial charge in [0, 0.05) is 0 Å². The van der Waals surface area contributed by atoms with Crippen LogP contribution in [0.25, 0.3) is 22.3 Å². The van der Waals surface area contributed by atoms with Gasteiger partial charge >= 0.3 is 0 Å². The average Bonchev–Trinajstić information content (AvgIpc) is 3.05. The maximum absolute atomic E-state index is 2.36. The lowest BCUT2D eigenvalue weighted by atomic mass is 10.1. The Balaban J connectivity index is 1.43. The zero-order valence-corrected chi connectivity index (χ0v) is 24.3. The van der Waals surface area contributed by atoms with Gasteiger partial charge < -0.3 is 0 Å². The molecule has 0 spiro atoms. The molecule has 0 saturated carbocycles. The molecule has 0 N–H and O–H groups in total. The fourth-order valence-corrected chi connectivity index (χ4v) is 11.1. The van der Waals surface area contributed by atoms with Gasteiger partial charge in [0.2, 0.25) is 0 Å². The van der Waals surface area contributed by atoms with Crippen LogP contribution in [0, 0.1) is 0 Å². The summed E-state index contributed by atoms with van der Waals surface area (Å²) in [6.07, 6.45) is 2.26. The summed E-state index contributed by atoms with van der Waals surface area (Å²) in [5.41, 5.74) is 5.29. The van der Waals surface area contributed by atoms with Crippen molar-refractivity contribution in [3.05, 3.63) is 170 Å². The summed E-state index contributed by atoms with van der Waals surface area (Å²) < 4.78 is 0. The van der Waals surface area contributed by atoms with E-state index in [1.165, 1.54) is 43.5 Å². The van der Waals surface area contributed by atoms with E-state index in [0.29, 0.717) is 0 Å². The molecule has 0 heterocycles. The third-order valence-electron chi connectivity index (χ3n) is 7.24. The molecular formula is C38H32P2. The smallest absolute Gasteiger partial charge is 0.0104 e. The van der Waals surface area contributed by atoms with Crippen LogP contribution in [0.15, 0.2) is 170 Å². The summed E-state index contributed by atoms with van der Waals surface area (Å²) in [6, 6.07) is 62.2. The molecule has 0 aliphatic rings. The molecule has 0 nitrogen and oxygen atoms in total. The molecule has 0 unspecified atom stereocenters. The molecule has 0 aliphatic carbocycles. The second-order valence-electron chi connectivity index (χ2n) is 9.74. The highest BCUT2D eigenvalue weighted by Gasteiger charge is 2.23. The third kappa shape index (κ3) is 6.00. The van der Waals surface area contributed by atoms with E-state index in [4.69, 9.17) is 0 Å². The number of benzene rings is 6. The Hall–Kier alpha value is -3.82. The molecule has 0 saturated heterocycles. The van der Waals surface area contributed by atoms with Crippen LogP contribution in [0.4, 0.5) is 0 Å². The van der Waals surface area contributed by atoms with Crippen molar-refractivity contribution < 1.29 is 0 Å². The first-order valence-electron chi connectivity index (χ1n) is 13.8. The molecule has 0 bridgehead atoms. The first-order chi connectivity index (χ1) is 19.9. The minimum absolute atomic E-state index is 0.556. The summed E-state index contributed by atoms with van der Waals surface area (Å²) in [7, 11) is -1.11. The van der Waals surface area contributed by atoms with E-state index < -0.39 is 15.8 Å². The van der Waals surface area contributed by atoms with Crippen molar-refractivity contribution in [1.29, 1.82) is 0 Å². The van der Waals surface area contributed by atoms with E-state index >= 15 is 0 Å². The Morgan fingerprint density at radius 3 is 0.975 bits per heavy atom. The Labute approximate surface area is 240 Å². The third-order valence-corrected chi connectivity index (χ3v) is 12.7. The van der Waals surface area contributed by atoms with E-state index in [0.717, 1.165) is 12.3 Å². The minimum Gasteiger partial charge on any atom is -0.0622 e. The summed E-state index contributed by atoms with van der Waals surface area (Å²) in [5, 5.41) is 5.82. The van der Waals surface area contributed by atoms with Crippen LogP contribution in [-0.2, 0) is 0 Å². The molecule has 6 rings (SSSR count). The standard InChI is InChI=1S/C38H32P2/c1-5-17-31(18-6-1)35-25-13-15-27-37(35)39(33-21-9-3-10-22-33)29-30-40(34-23-11-4-12-24-34)38-28-16-14-26-36(38)32-19-7-2-8-20-32/h1-28H,29-30H2/t39-,40-/m1/s1. The van der Waals surface area contributed by atoms with Crippen molar-refractivity contribution in [3.8, 4) is 22.3 Å². The van der Waals surface area contributed by atoms with Gasteiger partial charge in [-0.2, -0.15) is 0 Å². The first-order valence-corrected chi connectivity index (χ1v) is 16.9. The summed E-state index contributed by atoms with van der Waals surface area (Å²) >= 11 is 0. The van der Waals surface area contributed by atoms with E-state index in [-0.39, 0.29) is 0 Å². The first kappa shape index (κ1) is 26.4. The lowest BCUT2D eigenvalue weighted by Crippen LogP contribution is -2.21. The van der Waals surface area contributed by atoms with Crippen molar-refractivity contribution in [3.63, 3.8) is 0 Å². The van der Waals surface area contributed by atoms with Gasteiger partial charge in [0.1, 0.15) is 0 Å². The van der Waals surface area contributed by atoms with Gasteiger partial charge in [0.05, 0.1) is 0 Å². The van der Waals surface area contributed by atoms with Crippen LogP contribution in [0.2, 0.25) is 0 Å². The number of hydrogen-bond acceptors (Lipinski definition) is 0. The van der Waals surface area contributed by atoms with Crippen molar-refractivity contribution in [2.24, 2.45) is 0 Å². The molecule has 40 heavy (non-hydrogen) atoms. The number of rotatable bonds is 9. The minimum atomic E-state index is -0.556. The molecule has 0 aromatic heterocycles. The zero-order valence-electron chi connectivity index (χ0n) is 22.5.